The van der Waals surface area contributed by atoms with Crippen LogP contribution in [0.25, 0.3) is 10.8 Å². The van der Waals surface area contributed by atoms with E-state index in [-0.39, 0.29) is 12.5 Å². The maximum Gasteiger partial charge on any atom is 0.262 e. The zero-order valence-corrected chi connectivity index (χ0v) is 18.8. The van der Waals surface area contributed by atoms with Gasteiger partial charge < -0.3 is 14.8 Å². The summed E-state index contributed by atoms with van der Waals surface area (Å²) in [6, 6.07) is 15.5. The standard InChI is InChI=1S/C23H21N3O3S2/c1-15-13-30-23(25-15)31-14-17-10-20(21(28-2)11-24-17)29-12-22(27)26-19-9-5-7-16-6-3-4-8-18(16)19/h3-11,13H,12,14H2,1-2H3,(H,26,27). The molecule has 31 heavy (non-hydrogen) atoms. The molecule has 6 nitrogen and oxygen atoms in total. The maximum atomic E-state index is 12.5. The van der Waals surface area contributed by atoms with E-state index in [9.17, 15) is 4.79 Å². The predicted molar refractivity (Wildman–Crippen MR) is 125 cm³/mol. The average molecular weight is 452 g/mol. The minimum Gasteiger partial charge on any atom is -0.491 e. The number of nitrogens with one attached hydrogen (secondary N) is 1. The van der Waals surface area contributed by atoms with E-state index in [1.165, 1.54) is 0 Å². The quantitative estimate of drug-likeness (QED) is 0.366. The number of anilines is 1. The molecule has 0 saturated heterocycles. The van der Waals surface area contributed by atoms with Crippen LogP contribution in [0, 0.1) is 6.92 Å². The molecule has 0 bridgehead atoms. The molecule has 0 fully saturated rings. The van der Waals surface area contributed by atoms with E-state index >= 15 is 0 Å². The molecular formula is C23H21N3O3S2. The van der Waals surface area contributed by atoms with Gasteiger partial charge in [0.15, 0.2) is 18.1 Å². The van der Waals surface area contributed by atoms with E-state index in [2.05, 4.69) is 15.3 Å². The topological polar surface area (TPSA) is 73.3 Å². The van der Waals surface area contributed by atoms with Gasteiger partial charge in [-0.2, -0.15) is 0 Å². The van der Waals surface area contributed by atoms with Crippen molar-refractivity contribution >= 4 is 45.5 Å². The van der Waals surface area contributed by atoms with Crippen LogP contribution in [0.2, 0.25) is 0 Å². The normalized spacial score (nSPS) is 10.8. The lowest BCUT2D eigenvalue weighted by Crippen LogP contribution is -2.20. The summed E-state index contributed by atoms with van der Waals surface area (Å²) in [4.78, 5) is 21.4. The van der Waals surface area contributed by atoms with Crippen LogP contribution in [0.4, 0.5) is 5.69 Å². The van der Waals surface area contributed by atoms with Crippen molar-refractivity contribution in [3.8, 4) is 11.5 Å². The maximum absolute atomic E-state index is 12.5. The van der Waals surface area contributed by atoms with Crippen molar-refractivity contribution in [2.45, 2.75) is 17.0 Å². The summed E-state index contributed by atoms with van der Waals surface area (Å²) < 4.78 is 12.1. The first-order chi connectivity index (χ1) is 15.1. The number of carbonyl (C=O) groups excluding carboxylic acids is 1. The zero-order valence-electron chi connectivity index (χ0n) is 17.1. The van der Waals surface area contributed by atoms with E-state index in [1.807, 2.05) is 54.8 Å². The Morgan fingerprint density at radius 3 is 2.81 bits per heavy atom. The van der Waals surface area contributed by atoms with E-state index in [0.717, 1.165) is 32.2 Å². The lowest BCUT2D eigenvalue weighted by Gasteiger charge is -2.12. The molecule has 2 heterocycles. The molecule has 0 saturated carbocycles. The summed E-state index contributed by atoms with van der Waals surface area (Å²) in [6.45, 7) is 1.84. The van der Waals surface area contributed by atoms with Crippen LogP contribution in [0.5, 0.6) is 11.5 Å². The number of thioether (sulfide) groups is 1. The molecule has 0 aliphatic carbocycles. The van der Waals surface area contributed by atoms with Gasteiger partial charge in [-0.25, -0.2) is 4.98 Å². The molecule has 158 valence electrons. The number of thiazole rings is 1. The number of carbonyl (C=O) groups is 1. The molecule has 8 heteroatoms. The number of ether oxygens (including phenoxy) is 2. The fraction of sp³-hybridized carbons (Fsp3) is 0.174. The second-order valence-electron chi connectivity index (χ2n) is 6.73. The molecule has 0 unspecified atom stereocenters. The number of amides is 1. The third kappa shape index (κ3) is 5.34. The van der Waals surface area contributed by atoms with Crippen LogP contribution in [-0.2, 0) is 10.5 Å². The number of benzene rings is 2. The minimum absolute atomic E-state index is 0.137. The highest BCUT2D eigenvalue weighted by Gasteiger charge is 2.12. The molecule has 0 aliphatic rings. The number of methoxy groups -OCH3 is 1. The highest BCUT2D eigenvalue weighted by molar-refractivity contribution is 8.00. The summed E-state index contributed by atoms with van der Waals surface area (Å²) in [6.07, 6.45) is 1.61. The Morgan fingerprint density at radius 2 is 2.00 bits per heavy atom. The van der Waals surface area contributed by atoms with Gasteiger partial charge in [0, 0.05) is 34.0 Å². The van der Waals surface area contributed by atoms with Crippen LogP contribution in [0.15, 0.2) is 64.4 Å². The second kappa shape index (κ2) is 9.80. The Hall–Kier alpha value is -3.10. The van der Waals surface area contributed by atoms with E-state index in [0.29, 0.717) is 17.3 Å². The summed E-state index contributed by atoms with van der Waals surface area (Å²) >= 11 is 3.22. The van der Waals surface area contributed by atoms with Gasteiger partial charge in [0.1, 0.15) is 4.34 Å². The first-order valence-electron chi connectivity index (χ1n) is 9.60. The predicted octanol–water partition coefficient (Wildman–Crippen LogP) is 5.32. The number of fused-ring (bicyclic) bond motifs is 1. The van der Waals surface area contributed by atoms with E-state index < -0.39 is 0 Å². The second-order valence-corrected chi connectivity index (χ2v) is 8.81. The Balaban J connectivity index is 1.41. The number of aryl methyl sites for hydroxylation is 1. The lowest BCUT2D eigenvalue weighted by atomic mass is 10.1. The molecule has 0 aliphatic heterocycles. The van der Waals surface area contributed by atoms with Gasteiger partial charge in [0.05, 0.1) is 19.0 Å². The van der Waals surface area contributed by atoms with Crippen LogP contribution in [0.3, 0.4) is 0 Å². The van der Waals surface area contributed by atoms with Crippen molar-refractivity contribution in [3.05, 3.63) is 71.5 Å². The summed E-state index contributed by atoms with van der Waals surface area (Å²) in [5.74, 6) is 1.37. The Kier molecular flexibility index (Phi) is 6.69. The van der Waals surface area contributed by atoms with Crippen LogP contribution in [-0.4, -0.2) is 29.6 Å². The van der Waals surface area contributed by atoms with Crippen LogP contribution >= 0.6 is 23.1 Å². The third-order valence-electron chi connectivity index (χ3n) is 4.47. The number of pyridine rings is 1. The lowest BCUT2D eigenvalue weighted by molar-refractivity contribution is -0.118. The van der Waals surface area contributed by atoms with Crippen molar-refractivity contribution in [1.29, 1.82) is 0 Å². The highest BCUT2D eigenvalue weighted by Crippen LogP contribution is 2.31. The van der Waals surface area contributed by atoms with Crippen molar-refractivity contribution in [3.63, 3.8) is 0 Å². The SMILES string of the molecule is COc1cnc(CSc2nc(C)cs2)cc1OCC(=O)Nc1cccc2ccccc12. The number of aromatic nitrogens is 2. The molecule has 4 rings (SSSR count). The average Bonchev–Trinajstić information content (AvgIpc) is 3.21. The first kappa shape index (κ1) is 21.1. The molecule has 0 spiro atoms. The van der Waals surface area contributed by atoms with E-state index in [4.69, 9.17) is 9.47 Å². The molecular weight excluding hydrogens is 430 g/mol. The summed E-state index contributed by atoms with van der Waals surface area (Å²) in [5.41, 5.74) is 2.59. The number of rotatable bonds is 8. The van der Waals surface area contributed by atoms with Crippen molar-refractivity contribution in [2.24, 2.45) is 0 Å². The summed E-state index contributed by atoms with van der Waals surface area (Å²) in [7, 11) is 1.55. The number of hydrogen-bond donors (Lipinski definition) is 1. The monoisotopic (exact) mass is 451 g/mol. The van der Waals surface area contributed by atoms with Gasteiger partial charge in [-0.1, -0.05) is 48.2 Å². The fourth-order valence-electron chi connectivity index (χ4n) is 3.01. The Bertz CT molecular complexity index is 1200. The van der Waals surface area contributed by atoms with Crippen molar-refractivity contribution < 1.29 is 14.3 Å². The zero-order chi connectivity index (χ0) is 21.6. The molecule has 1 amide bonds. The molecule has 0 radical (unpaired) electrons. The molecule has 0 atom stereocenters. The minimum atomic E-state index is -0.246. The largest absolute Gasteiger partial charge is 0.491 e. The molecule has 4 aromatic rings. The van der Waals surface area contributed by atoms with E-state index in [1.54, 1.807) is 42.5 Å². The van der Waals surface area contributed by atoms with Gasteiger partial charge in [0.2, 0.25) is 0 Å². The van der Waals surface area contributed by atoms with Gasteiger partial charge in [-0.3, -0.25) is 9.78 Å². The van der Waals surface area contributed by atoms with Gasteiger partial charge in [-0.15, -0.1) is 11.3 Å². The third-order valence-corrected chi connectivity index (χ3v) is 6.64. The number of nitrogens with zero attached hydrogens (tertiary/aromatic N) is 2. The molecule has 2 aromatic heterocycles. The molecule has 2 aromatic carbocycles. The van der Waals surface area contributed by atoms with Crippen LogP contribution < -0.4 is 14.8 Å². The van der Waals surface area contributed by atoms with Gasteiger partial charge >= 0.3 is 0 Å². The Labute approximate surface area is 188 Å². The Morgan fingerprint density at radius 1 is 1.16 bits per heavy atom. The van der Waals surface area contributed by atoms with Crippen LogP contribution in [0.1, 0.15) is 11.4 Å². The van der Waals surface area contributed by atoms with Crippen molar-refractivity contribution in [2.75, 3.05) is 19.0 Å². The van der Waals surface area contributed by atoms with Gasteiger partial charge in [-0.05, 0) is 18.4 Å². The first-order valence-corrected chi connectivity index (χ1v) is 11.5. The number of hydrogen-bond acceptors (Lipinski definition) is 7. The smallest absolute Gasteiger partial charge is 0.262 e. The fourth-order valence-corrected chi connectivity index (χ4v) is 4.76. The summed E-state index contributed by atoms with van der Waals surface area (Å²) in [5, 5.41) is 6.99. The van der Waals surface area contributed by atoms with Gasteiger partial charge in [0.25, 0.3) is 5.91 Å². The molecule has 1 N–H and O–H groups in total. The van der Waals surface area contributed by atoms with Crippen molar-refractivity contribution in [1.82, 2.24) is 9.97 Å². The highest BCUT2D eigenvalue weighted by atomic mass is 32.2.